The van der Waals surface area contributed by atoms with Crippen molar-refractivity contribution in [2.45, 2.75) is 43.9 Å². The normalized spacial score (nSPS) is 20.2. The number of nitrogens with zero attached hydrogens (tertiary/aromatic N) is 3. The number of alkyl halides is 6. The predicted octanol–water partition coefficient (Wildman–Crippen LogP) is 5.12. The number of ether oxygens (including phenoxy) is 1. The maximum Gasteiger partial charge on any atom is 0.490 e. The first-order valence-corrected chi connectivity index (χ1v) is 14.2. The van der Waals surface area contributed by atoms with Gasteiger partial charge in [0, 0.05) is 51.0 Å². The monoisotopic (exact) mass is 661 g/mol. The summed E-state index contributed by atoms with van der Waals surface area (Å²) in [6.07, 6.45) is -6.50. The molecule has 2 N–H and O–H groups in total. The Morgan fingerprint density at radius 1 is 1.02 bits per heavy atom. The minimum atomic E-state index is -5.08. The summed E-state index contributed by atoms with van der Waals surface area (Å²) < 4.78 is 69.9. The van der Waals surface area contributed by atoms with Gasteiger partial charge in [0.2, 0.25) is 0 Å². The van der Waals surface area contributed by atoms with E-state index in [9.17, 15) is 31.1 Å². The first kappa shape index (κ1) is 35.5. The van der Waals surface area contributed by atoms with Gasteiger partial charge in [-0.1, -0.05) is 35.9 Å². The van der Waals surface area contributed by atoms with Gasteiger partial charge >= 0.3 is 24.3 Å². The topological polar surface area (TPSA) is 120 Å². The van der Waals surface area contributed by atoms with Gasteiger partial charge in [0.05, 0.1) is 6.61 Å². The summed E-state index contributed by atoms with van der Waals surface area (Å²) in [6.45, 7) is 6.13. The average molecular weight is 662 g/mol. The Bertz CT molecular complexity index is 1410. The first-order valence-electron chi connectivity index (χ1n) is 13.3. The number of hydrogen-bond donors (Lipinski definition) is 2. The number of thiophene rings is 1. The molecule has 5 rings (SSSR count). The van der Waals surface area contributed by atoms with Crippen LogP contribution in [0.3, 0.4) is 0 Å². The zero-order valence-corrected chi connectivity index (χ0v) is 24.5. The number of morpholine rings is 1. The van der Waals surface area contributed by atoms with E-state index in [4.69, 9.17) is 24.5 Å². The molecule has 2 atom stereocenters. The third kappa shape index (κ3) is 9.73. The van der Waals surface area contributed by atoms with E-state index in [0.717, 1.165) is 18.7 Å². The lowest BCUT2D eigenvalue weighted by atomic mass is 9.83. The number of aliphatic carboxylic acids is 2. The van der Waals surface area contributed by atoms with Crippen molar-refractivity contribution in [1.29, 1.82) is 0 Å². The molecule has 3 aromatic rings. The highest BCUT2D eigenvalue weighted by atomic mass is 32.1. The molecule has 2 saturated heterocycles. The number of amides is 1. The highest BCUT2D eigenvalue weighted by Crippen LogP contribution is 2.42. The van der Waals surface area contributed by atoms with Crippen molar-refractivity contribution in [3.05, 3.63) is 87.9 Å². The van der Waals surface area contributed by atoms with Crippen molar-refractivity contribution >= 4 is 29.2 Å². The molecule has 2 aliphatic heterocycles. The van der Waals surface area contributed by atoms with Crippen LogP contribution in [0.2, 0.25) is 0 Å². The zero-order valence-electron chi connectivity index (χ0n) is 23.7. The number of carboxylic acid groups (broad SMARTS) is 2. The molecule has 1 amide bonds. The van der Waals surface area contributed by atoms with Gasteiger partial charge in [-0.3, -0.25) is 14.7 Å². The van der Waals surface area contributed by atoms with E-state index in [-0.39, 0.29) is 11.8 Å². The number of carbonyl (C=O) groups excluding carboxylic acids is 1. The molecule has 9 nitrogen and oxygen atoms in total. The van der Waals surface area contributed by atoms with Gasteiger partial charge in [0.25, 0.3) is 5.91 Å². The Morgan fingerprint density at radius 3 is 2.22 bits per heavy atom. The largest absolute Gasteiger partial charge is 0.490 e. The zero-order chi connectivity index (χ0) is 33.4. The van der Waals surface area contributed by atoms with Gasteiger partial charge in [-0.25, -0.2) is 9.59 Å². The van der Waals surface area contributed by atoms with Gasteiger partial charge in [-0.15, -0.1) is 0 Å². The minimum Gasteiger partial charge on any atom is -0.475 e. The van der Waals surface area contributed by atoms with E-state index in [1.54, 1.807) is 17.5 Å². The molecule has 2 unspecified atom stereocenters. The van der Waals surface area contributed by atoms with Crippen LogP contribution in [0.4, 0.5) is 26.3 Å². The van der Waals surface area contributed by atoms with Crippen LogP contribution in [-0.2, 0) is 32.2 Å². The van der Waals surface area contributed by atoms with Gasteiger partial charge in [0.15, 0.2) is 5.60 Å². The molecule has 45 heavy (non-hydrogen) atoms. The Kier molecular flexibility index (Phi) is 11.7. The third-order valence-corrected chi connectivity index (χ3v) is 7.58. The number of halogens is 6. The molecule has 4 heterocycles. The summed E-state index contributed by atoms with van der Waals surface area (Å²) >= 11 is 1.67. The summed E-state index contributed by atoms with van der Waals surface area (Å²) in [5, 5.41) is 18.4. The molecule has 2 fully saturated rings. The van der Waals surface area contributed by atoms with E-state index in [1.165, 1.54) is 16.7 Å². The van der Waals surface area contributed by atoms with Crippen LogP contribution in [-0.4, -0.2) is 87.0 Å². The molecular weight excluding hydrogens is 632 g/mol. The molecule has 16 heteroatoms. The molecule has 1 aromatic carbocycles. The molecule has 0 aliphatic carbocycles. The smallest absolute Gasteiger partial charge is 0.475 e. The van der Waals surface area contributed by atoms with E-state index < -0.39 is 29.9 Å². The van der Waals surface area contributed by atoms with E-state index in [1.807, 2.05) is 17.2 Å². The quantitative estimate of drug-likeness (QED) is 0.362. The van der Waals surface area contributed by atoms with Crippen LogP contribution in [0.1, 0.15) is 28.2 Å². The summed E-state index contributed by atoms with van der Waals surface area (Å²) in [5.41, 5.74) is 3.91. The molecule has 0 saturated carbocycles. The molecular formula is C29H29F6N3O6S. The third-order valence-electron chi connectivity index (χ3n) is 6.85. The second-order valence-corrected chi connectivity index (χ2v) is 11.0. The number of benzene rings is 1. The number of likely N-dealkylation sites (tertiary alicyclic amines) is 1. The molecule has 1 spiro atoms. The summed E-state index contributed by atoms with van der Waals surface area (Å²) in [4.78, 5) is 40.3. The Balaban J connectivity index is 0.000000331. The van der Waals surface area contributed by atoms with E-state index in [0.29, 0.717) is 26.2 Å². The molecule has 2 aromatic heterocycles. The number of carboxylic acids is 2. The van der Waals surface area contributed by atoms with Crippen molar-refractivity contribution in [1.82, 2.24) is 14.8 Å². The minimum absolute atomic E-state index is 0.0382. The van der Waals surface area contributed by atoms with Crippen LogP contribution >= 0.6 is 11.3 Å². The summed E-state index contributed by atoms with van der Waals surface area (Å²) in [5.74, 6) is -5.45. The molecule has 244 valence electrons. The van der Waals surface area contributed by atoms with Gasteiger partial charge in [0.1, 0.15) is 0 Å². The molecule has 0 radical (unpaired) electrons. The van der Waals surface area contributed by atoms with Gasteiger partial charge < -0.3 is 19.8 Å². The maximum atomic E-state index is 13.9. The van der Waals surface area contributed by atoms with Crippen LogP contribution in [0.5, 0.6) is 0 Å². The first-order chi connectivity index (χ1) is 21.0. The SMILES string of the molecule is Cc1cccc(CN2CC(c3cccnc3)C3(C2)OCCN(Cc2ccsc2)C3=O)c1.O=C(O)C(F)(F)F.O=C(O)C(F)(F)F. The Labute approximate surface area is 257 Å². The number of hydrogen-bond acceptors (Lipinski definition) is 7. The summed E-state index contributed by atoms with van der Waals surface area (Å²) in [7, 11) is 0. The van der Waals surface area contributed by atoms with E-state index >= 15 is 0 Å². The van der Waals surface area contributed by atoms with Crippen LogP contribution in [0.25, 0.3) is 0 Å². The standard InChI is InChI=1S/C25H27N3O2S.2C2HF3O2/c1-19-4-2-5-20(12-19)14-27-16-23(22-6-3-8-26-13-22)25(18-27)24(29)28(9-10-30-25)15-21-7-11-31-17-21;2*3-2(4,5)1(6)7/h2-8,11-13,17,23H,9-10,14-16,18H2,1H3;2*(H,6,7). The average Bonchev–Trinajstić information content (AvgIpc) is 3.60. The predicted molar refractivity (Wildman–Crippen MR) is 149 cm³/mol. The van der Waals surface area contributed by atoms with Crippen molar-refractivity contribution in [2.75, 3.05) is 26.2 Å². The fraction of sp³-hybridized carbons (Fsp3) is 0.379. The number of pyridine rings is 1. The van der Waals surface area contributed by atoms with Crippen LogP contribution in [0.15, 0.2) is 65.6 Å². The van der Waals surface area contributed by atoms with Crippen molar-refractivity contribution < 1.29 is 55.7 Å². The highest BCUT2D eigenvalue weighted by Gasteiger charge is 2.57. The molecule has 0 bridgehead atoms. The second kappa shape index (κ2) is 14.8. The number of aryl methyl sites for hydroxylation is 1. The Hall–Kier alpha value is -4.02. The second-order valence-electron chi connectivity index (χ2n) is 10.2. The van der Waals surface area contributed by atoms with E-state index in [2.05, 4.69) is 64.0 Å². The van der Waals surface area contributed by atoms with Gasteiger partial charge in [-0.05, 0) is 46.5 Å². The number of rotatable bonds is 5. The van der Waals surface area contributed by atoms with Crippen molar-refractivity contribution in [2.24, 2.45) is 0 Å². The lowest BCUT2D eigenvalue weighted by Crippen LogP contribution is -2.59. The van der Waals surface area contributed by atoms with Crippen LogP contribution < -0.4 is 0 Å². The van der Waals surface area contributed by atoms with Crippen molar-refractivity contribution in [3.8, 4) is 0 Å². The fourth-order valence-electron chi connectivity index (χ4n) is 4.94. The lowest BCUT2D eigenvalue weighted by molar-refractivity contribution is -0.193. The highest BCUT2D eigenvalue weighted by molar-refractivity contribution is 7.07. The van der Waals surface area contributed by atoms with Crippen LogP contribution in [0, 0.1) is 6.92 Å². The lowest BCUT2D eigenvalue weighted by Gasteiger charge is -2.42. The fourth-order valence-corrected chi connectivity index (χ4v) is 5.60. The number of carbonyl (C=O) groups is 3. The number of aromatic nitrogens is 1. The summed E-state index contributed by atoms with van der Waals surface area (Å²) in [6, 6.07) is 14.7. The Morgan fingerprint density at radius 2 is 1.69 bits per heavy atom. The van der Waals surface area contributed by atoms with Gasteiger partial charge in [-0.2, -0.15) is 37.7 Å². The molecule has 2 aliphatic rings. The van der Waals surface area contributed by atoms with Crippen molar-refractivity contribution in [3.63, 3.8) is 0 Å². The maximum absolute atomic E-state index is 13.9.